The number of benzene rings is 2. The Hall–Kier alpha value is -2.66. The third-order valence-corrected chi connectivity index (χ3v) is 3.64. The maximum absolute atomic E-state index is 5.76. The first-order valence-corrected chi connectivity index (χ1v) is 7.74. The summed E-state index contributed by atoms with van der Waals surface area (Å²) in [6.07, 6.45) is 0. The molecule has 0 unspecified atom stereocenters. The highest BCUT2D eigenvalue weighted by atomic mass is 32.1. The fraction of sp³-hybridized carbons (Fsp3) is 0.111. The maximum atomic E-state index is 5.76. The van der Waals surface area contributed by atoms with Gasteiger partial charge in [-0.05, 0) is 36.8 Å². The average molecular weight is 323 g/mol. The molecule has 0 aliphatic rings. The van der Waals surface area contributed by atoms with Gasteiger partial charge in [0, 0.05) is 11.9 Å². The highest BCUT2D eigenvalue weighted by molar-refractivity contribution is 7.80. The Balaban J connectivity index is 1.59. The van der Waals surface area contributed by atoms with Gasteiger partial charge in [0.1, 0.15) is 11.3 Å². The second-order valence-electron chi connectivity index (χ2n) is 5.13. The largest absolute Gasteiger partial charge is 0.455 e. The van der Waals surface area contributed by atoms with Gasteiger partial charge in [-0.1, -0.05) is 48.5 Å². The lowest BCUT2D eigenvalue weighted by Crippen LogP contribution is -2.32. The zero-order valence-corrected chi connectivity index (χ0v) is 13.6. The van der Waals surface area contributed by atoms with Gasteiger partial charge < -0.3 is 9.73 Å². The van der Waals surface area contributed by atoms with E-state index in [2.05, 4.69) is 15.8 Å². The second-order valence-corrected chi connectivity index (χ2v) is 5.53. The number of thiocarbonyl (C=S) groups is 1. The molecule has 23 heavy (non-hydrogen) atoms. The molecule has 2 N–H and O–H groups in total. The lowest BCUT2D eigenvalue weighted by molar-refractivity contribution is 0.603. The third-order valence-electron chi connectivity index (χ3n) is 3.40. The van der Waals surface area contributed by atoms with Crippen LogP contribution in [0.4, 0.5) is 0 Å². The van der Waals surface area contributed by atoms with Crippen molar-refractivity contribution < 1.29 is 4.42 Å². The summed E-state index contributed by atoms with van der Waals surface area (Å²) in [4.78, 5) is 0. The molecular formula is C18H17N3OS. The smallest absolute Gasteiger partial charge is 0.187 e. The minimum atomic E-state index is 0.476. The van der Waals surface area contributed by atoms with Crippen LogP contribution in [-0.4, -0.2) is 10.8 Å². The Morgan fingerprint density at radius 2 is 1.83 bits per heavy atom. The van der Waals surface area contributed by atoms with Crippen molar-refractivity contribution in [3.63, 3.8) is 0 Å². The summed E-state index contributed by atoms with van der Waals surface area (Å²) in [5, 5.41) is 8.92. The van der Waals surface area contributed by atoms with E-state index >= 15 is 0 Å². The number of nitrogens with one attached hydrogen (secondary N) is 2. The van der Waals surface area contributed by atoms with E-state index in [1.807, 2.05) is 67.6 Å². The maximum Gasteiger partial charge on any atom is 0.187 e. The fourth-order valence-corrected chi connectivity index (χ4v) is 2.29. The molecule has 0 bridgehead atoms. The summed E-state index contributed by atoms with van der Waals surface area (Å²) < 4.78 is 5.76. The van der Waals surface area contributed by atoms with Gasteiger partial charge in [0.05, 0.1) is 0 Å². The Bertz CT molecular complexity index is 807. The van der Waals surface area contributed by atoms with E-state index in [-0.39, 0.29) is 0 Å². The summed E-state index contributed by atoms with van der Waals surface area (Å²) in [5.41, 5.74) is 5.60. The van der Waals surface area contributed by atoms with Crippen LogP contribution in [0.25, 0.3) is 11.0 Å². The van der Waals surface area contributed by atoms with Crippen LogP contribution in [0, 0.1) is 0 Å². The molecule has 0 fully saturated rings. The quantitative estimate of drug-likeness (QED) is 0.435. The molecule has 1 aromatic heterocycles. The number of para-hydroxylation sites is 1. The molecular weight excluding hydrogens is 306 g/mol. The average Bonchev–Trinajstić information content (AvgIpc) is 3.03. The van der Waals surface area contributed by atoms with Crippen LogP contribution < -0.4 is 10.7 Å². The molecule has 4 nitrogen and oxygen atoms in total. The first-order chi connectivity index (χ1) is 11.2. The standard InChI is InChI=1S/C18H17N3OS/c1-13(17-11-15-9-5-6-10-16(15)22-17)20-21-18(23)19-12-14-7-3-2-4-8-14/h2-11H,12H2,1H3,(H2,19,21,23)/b20-13+. The van der Waals surface area contributed by atoms with E-state index in [0.717, 1.165) is 28.0 Å². The van der Waals surface area contributed by atoms with Crippen molar-refractivity contribution in [2.45, 2.75) is 13.5 Å². The van der Waals surface area contributed by atoms with Gasteiger partial charge in [-0.15, -0.1) is 0 Å². The van der Waals surface area contributed by atoms with Crippen LogP contribution in [0.5, 0.6) is 0 Å². The minimum Gasteiger partial charge on any atom is -0.455 e. The Morgan fingerprint density at radius 3 is 2.61 bits per heavy atom. The van der Waals surface area contributed by atoms with Gasteiger partial charge in [-0.25, -0.2) is 0 Å². The summed E-state index contributed by atoms with van der Waals surface area (Å²) in [7, 11) is 0. The first-order valence-electron chi connectivity index (χ1n) is 7.33. The number of fused-ring (bicyclic) bond motifs is 1. The molecule has 0 aliphatic carbocycles. The Morgan fingerprint density at radius 1 is 1.09 bits per heavy atom. The molecule has 0 radical (unpaired) electrons. The summed E-state index contributed by atoms with van der Waals surface area (Å²) in [6.45, 7) is 2.54. The van der Waals surface area contributed by atoms with Crippen molar-refractivity contribution >= 4 is 34.0 Å². The SMILES string of the molecule is C/C(=N\NC(=S)NCc1ccccc1)c1cc2ccccc2o1. The molecule has 0 saturated carbocycles. The summed E-state index contributed by atoms with van der Waals surface area (Å²) >= 11 is 5.23. The van der Waals surface area contributed by atoms with Gasteiger partial charge >= 0.3 is 0 Å². The molecule has 2 aromatic carbocycles. The third kappa shape index (κ3) is 3.96. The molecule has 3 aromatic rings. The van der Waals surface area contributed by atoms with Gasteiger partial charge in [-0.3, -0.25) is 5.43 Å². The molecule has 3 rings (SSSR count). The van der Waals surface area contributed by atoms with Crippen molar-refractivity contribution in [2.75, 3.05) is 0 Å². The van der Waals surface area contributed by atoms with E-state index in [0.29, 0.717) is 11.7 Å². The van der Waals surface area contributed by atoms with E-state index in [9.17, 15) is 0 Å². The lowest BCUT2D eigenvalue weighted by atomic mass is 10.2. The van der Waals surface area contributed by atoms with Crippen LogP contribution in [0.3, 0.4) is 0 Å². The van der Waals surface area contributed by atoms with Gasteiger partial charge in [0.25, 0.3) is 0 Å². The topological polar surface area (TPSA) is 49.6 Å². The van der Waals surface area contributed by atoms with E-state index in [1.54, 1.807) is 0 Å². The predicted molar refractivity (Wildman–Crippen MR) is 97.4 cm³/mol. The van der Waals surface area contributed by atoms with E-state index in [4.69, 9.17) is 16.6 Å². The Kier molecular flexibility index (Phi) is 4.68. The van der Waals surface area contributed by atoms with Crippen molar-refractivity contribution in [1.29, 1.82) is 0 Å². The van der Waals surface area contributed by atoms with Crippen LogP contribution in [0.1, 0.15) is 18.2 Å². The van der Waals surface area contributed by atoms with Crippen molar-refractivity contribution in [3.05, 3.63) is 72.0 Å². The monoisotopic (exact) mass is 323 g/mol. The zero-order chi connectivity index (χ0) is 16.1. The fourth-order valence-electron chi connectivity index (χ4n) is 2.17. The molecule has 0 amide bonds. The number of hydrogen-bond acceptors (Lipinski definition) is 3. The molecule has 0 spiro atoms. The van der Waals surface area contributed by atoms with Crippen LogP contribution in [-0.2, 0) is 6.54 Å². The van der Waals surface area contributed by atoms with Gasteiger partial charge in [0.2, 0.25) is 0 Å². The molecule has 1 heterocycles. The van der Waals surface area contributed by atoms with E-state index in [1.165, 1.54) is 0 Å². The summed E-state index contributed by atoms with van der Waals surface area (Å²) in [6, 6.07) is 19.9. The first kappa shape index (κ1) is 15.2. The number of nitrogens with zero attached hydrogens (tertiary/aromatic N) is 1. The number of hydrazone groups is 1. The normalized spacial score (nSPS) is 11.4. The van der Waals surface area contributed by atoms with Crippen molar-refractivity contribution in [3.8, 4) is 0 Å². The number of furan rings is 1. The summed E-state index contributed by atoms with van der Waals surface area (Å²) in [5.74, 6) is 0.726. The van der Waals surface area contributed by atoms with E-state index < -0.39 is 0 Å². The second kappa shape index (κ2) is 7.07. The van der Waals surface area contributed by atoms with Crippen LogP contribution >= 0.6 is 12.2 Å². The number of hydrogen-bond donors (Lipinski definition) is 2. The molecule has 0 saturated heterocycles. The highest BCUT2D eigenvalue weighted by Gasteiger charge is 2.06. The highest BCUT2D eigenvalue weighted by Crippen LogP contribution is 2.19. The van der Waals surface area contributed by atoms with Gasteiger partial charge in [-0.2, -0.15) is 5.10 Å². The van der Waals surface area contributed by atoms with Crippen molar-refractivity contribution in [2.24, 2.45) is 5.10 Å². The Labute approximate surface area is 140 Å². The molecule has 116 valence electrons. The molecule has 5 heteroatoms. The molecule has 0 atom stereocenters. The van der Waals surface area contributed by atoms with Crippen LogP contribution in [0.15, 0.2) is 70.2 Å². The lowest BCUT2D eigenvalue weighted by Gasteiger charge is -2.07. The van der Waals surface area contributed by atoms with Crippen molar-refractivity contribution in [1.82, 2.24) is 10.7 Å². The molecule has 0 aliphatic heterocycles. The van der Waals surface area contributed by atoms with Crippen LogP contribution in [0.2, 0.25) is 0 Å². The minimum absolute atomic E-state index is 0.476. The predicted octanol–water partition coefficient (Wildman–Crippen LogP) is 3.82. The van der Waals surface area contributed by atoms with Gasteiger partial charge in [0.15, 0.2) is 10.9 Å². The zero-order valence-electron chi connectivity index (χ0n) is 12.7. The number of rotatable bonds is 4.